The van der Waals surface area contributed by atoms with Crippen LogP contribution in [-0.4, -0.2) is 93.1 Å². The fourth-order valence-electron chi connectivity index (χ4n) is 8.21. The zero-order valence-electron chi connectivity index (χ0n) is 25.1. The molecule has 8 nitrogen and oxygen atoms in total. The van der Waals surface area contributed by atoms with Gasteiger partial charge in [-0.3, -0.25) is 14.4 Å². The molecule has 3 saturated heterocycles. The molecule has 1 saturated carbocycles. The van der Waals surface area contributed by atoms with Gasteiger partial charge in [0.2, 0.25) is 17.7 Å². The third-order valence-electron chi connectivity index (χ3n) is 10.3. The minimum atomic E-state index is -1.09. The van der Waals surface area contributed by atoms with E-state index in [1.54, 1.807) is 22.0 Å². The average molecular weight is 558 g/mol. The van der Waals surface area contributed by atoms with Gasteiger partial charge in [-0.2, -0.15) is 0 Å². The van der Waals surface area contributed by atoms with Crippen LogP contribution in [0.2, 0.25) is 0 Å². The second-order valence-corrected chi connectivity index (χ2v) is 12.8. The standard InChI is InChI=1S/C32H51N3O5/c1-7-18-33(19-8-2)28(37)25-26-29(38)35(24(21-36)22(5)10-4)27(32(26)17-16-31(25,6)40-32)30(39)34(20-9-3)23-14-12-11-13-15-23/h7,9,22-27,36H,1,3,8,10-21H2,2,4-6H3/t22-,24-,25+,26-,27?,31-,32?/m0/s1. The van der Waals surface area contributed by atoms with E-state index in [2.05, 4.69) is 13.2 Å². The highest BCUT2D eigenvalue weighted by Crippen LogP contribution is 2.64. The number of aliphatic hydroxyl groups excluding tert-OH is 1. The molecule has 1 N–H and O–H groups in total. The normalized spacial score (nSPS) is 33.0. The number of ether oxygens (including phenoxy) is 1. The number of rotatable bonds is 13. The third kappa shape index (κ3) is 4.93. The van der Waals surface area contributed by atoms with Crippen LogP contribution in [0, 0.1) is 17.8 Å². The Bertz CT molecular complexity index is 980. The molecule has 2 unspecified atom stereocenters. The van der Waals surface area contributed by atoms with E-state index in [4.69, 9.17) is 4.74 Å². The Labute approximate surface area is 240 Å². The van der Waals surface area contributed by atoms with E-state index in [1.165, 1.54) is 0 Å². The first-order valence-electron chi connectivity index (χ1n) is 15.6. The zero-order valence-corrected chi connectivity index (χ0v) is 25.1. The van der Waals surface area contributed by atoms with Gasteiger partial charge in [0.15, 0.2) is 0 Å². The SMILES string of the molecule is C=CCN(CCC)C(=O)[C@H]1[C@H]2C(=O)N([C@@H](CO)[C@@H](C)CC)C(C(=O)N(CC=C)C3CCCCC3)C23CC[C@]1(C)O3. The molecule has 7 atom stereocenters. The lowest BCUT2D eigenvalue weighted by atomic mass is 9.66. The number of nitrogens with zero attached hydrogens (tertiary/aromatic N) is 3. The molecule has 0 aromatic rings. The molecule has 2 bridgehead atoms. The second-order valence-electron chi connectivity index (χ2n) is 12.8. The van der Waals surface area contributed by atoms with Gasteiger partial charge in [0.1, 0.15) is 11.6 Å². The van der Waals surface area contributed by atoms with Crippen molar-refractivity contribution in [1.29, 1.82) is 0 Å². The van der Waals surface area contributed by atoms with Crippen LogP contribution in [0.5, 0.6) is 0 Å². The van der Waals surface area contributed by atoms with Crippen molar-refractivity contribution < 1.29 is 24.2 Å². The Morgan fingerprint density at radius 3 is 2.38 bits per heavy atom. The molecule has 4 rings (SSSR count). The van der Waals surface area contributed by atoms with Crippen molar-refractivity contribution in [3.63, 3.8) is 0 Å². The molecule has 0 aromatic heterocycles. The first-order chi connectivity index (χ1) is 19.1. The summed E-state index contributed by atoms with van der Waals surface area (Å²) in [6.07, 6.45) is 11.3. The molecule has 0 aromatic carbocycles. The molecular weight excluding hydrogens is 506 g/mol. The predicted molar refractivity (Wildman–Crippen MR) is 155 cm³/mol. The van der Waals surface area contributed by atoms with Crippen LogP contribution in [0.15, 0.2) is 25.3 Å². The topological polar surface area (TPSA) is 90.4 Å². The lowest BCUT2D eigenvalue weighted by Crippen LogP contribution is -2.61. The van der Waals surface area contributed by atoms with Gasteiger partial charge >= 0.3 is 0 Å². The molecule has 3 aliphatic heterocycles. The quantitative estimate of drug-likeness (QED) is 0.347. The zero-order chi connectivity index (χ0) is 29.2. The highest BCUT2D eigenvalue weighted by molar-refractivity contribution is 5.99. The minimum Gasteiger partial charge on any atom is -0.394 e. The van der Waals surface area contributed by atoms with Crippen LogP contribution < -0.4 is 0 Å². The first kappa shape index (κ1) is 30.8. The van der Waals surface area contributed by atoms with Gasteiger partial charge in [0.05, 0.1) is 30.1 Å². The van der Waals surface area contributed by atoms with Crippen LogP contribution >= 0.6 is 0 Å². The Balaban J connectivity index is 1.82. The smallest absolute Gasteiger partial charge is 0.248 e. The molecule has 8 heteroatoms. The second kappa shape index (κ2) is 12.4. The van der Waals surface area contributed by atoms with E-state index >= 15 is 0 Å². The summed E-state index contributed by atoms with van der Waals surface area (Å²) in [6.45, 7) is 16.9. The maximum Gasteiger partial charge on any atom is 0.248 e. The maximum atomic E-state index is 14.8. The van der Waals surface area contributed by atoms with Gasteiger partial charge in [-0.05, 0) is 44.9 Å². The molecule has 3 amide bonds. The number of amides is 3. The van der Waals surface area contributed by atoms with Gasteiger partial charge < -0.3 is 24.5 Å². The van der Waals surface area contributed by atoms with E-state index in [0.29, 0.717) is 32.5 Å². The number of aliphatic hydroxyl groups is 1. The van der Waals surface area contributed by atoms with E-state index in [0.717, 1.165) is 44.9 Å². The molecule has 4 aliphatic rings. The summed E-state index contributed by atoms with van der Waals surface area (Å²) in [5, 5.41) is 10.6. The van der Waals surface area contributed by atoms with E-state index < -0.39 is 35.1 Å². The summed E-state index contributed by atoms with van der Waals surface area (Å²) in [7, 11) is 0. The molecule has 40 heavy (non-hydrogen) atoms. The minimum absolute atomic E-state index is 0.0266. The van der Waals surface area contributed by atoms with E-state index in [-0.39, 0.29) is 36.3 Å². The Kier molecular flexibility index (Phi) is 9.50. The molecule has 0 radical (unpaired) electrons. The number of fused-ring (bicyclic) bond motifs is 1. The Morgan fingerprint density at radius 2 is 1.80 bits per heavy atom. The van der Waals surface area contributed by atoms with Crippen LogP contribution in [0.25, 0.3) is 0 Å². The summed E-state index contributed by atoms with van der Waals surface area (Å²) in [5.41, 5.74) is -1.92. The molecular formula is C32H51N3O5. The van der Waals surface area contributed by atoms with Crippen molar-refractivity contribution in [3.8, 4) is 0 Å². The highest BCUT2D eigenvalue weighted by Gasteiger charge is 2.79. The van der Waals surface area contributed by atoms with Gasteiger partial charge in [0.25, 0.3) is 0 Å². The third-order valence-corrected chi connectivity index (χ3v) is 10.3. The highest BCUT2D eigenvalue weighted by atomic mass is 16.5. The molecule has 1 aliphatic carbocycles. The van der Waals surface area contributed by atoms with Gasteiger partial charge in [-0.1, -0.05) is 58.6 Å². The molecule has 1 spiro atoms. The van der Waals surface area contributed by atoms with Crippen molar-refractivity contribution in [1.82, 2.24) is 14.7 Å². The number of carbonyl (C=O) groups is 3. The number of likely N-dealkylation sites (tertiary alicyclic amines) is 1. The monoisotopic (exact) mass is 557 g/mol. The van der Waals surface area contributed by atoms with E-state index in [9.17, 15) is 19.5 Å². The number of carbonyl (C=O) groups excluding carboxylic acids is 3. The lowest BCUT2D eigenvalue weighted by Gasteiger charge is -2.43. The maximum absolute atomic E-state index is 14.8. The molecule has 4 fully saturated rings. The average Bonchev–Trinajstić information content (AvgIpc) is 3.52. The summed E-state index contributed by atoms with van der Waals surface area (Å²) in [4.78, 5) is 48.9. The first-order valence-corrected chi connectivity index (χ1v) is 15.6. The van der Waals surface area contributed by atoms with Crippen LogP contribution in [-0.2, 0) is 19.1 Å². The fraction of sp³-hybridized carbons (Fsp3) is 0.781. The van der Waals surface area contributed by atoms with Gasteiger partial charge in [0, 0.05) is 25.7 Å². The van der Waals surface area contributed by atoms with Crippen molar-refractivity contribution in [2.45, 2.75) is 115 Å². The van der Waals surface area contributed by atoms with Crippen molar-refractivity contribution in [3.05, 3.63) is 25.3 Å². The summed E-state index contributed by atoms with van der Waals surface area (Å²) >= 11 is 0. The fourth-order valence-corrected chi connectivity index (χ4v) is 8.21. The van der Waals surface area contributed by atoms with Crippen molar-refractivity contribution in [2.75, 3.05) is 26.2 Å². The largest absolute Gasteiger partial charge is 0.394 e. The Hall–Kier alpha value is -2.19. The van der Waals surface area contributed by atoms with E-state index in [1.807, 2.05) is 32.6 Å². The van der Waals surface area contributed by atoms with Crippen molar-refractivity contribution in [2.24, 2.45) is 17.8 Å². The summed E-state index contributed by atoms with van der Waals surface area (Å²) in [6, 6.07) is -1.33. The lowest BCUT2D eigenvalue weighted by molar-refractivity contribution is -0.159. The van der Waals surface area contributed by atoms with Crippen molar-refractivity contribution >= 4 is 17.7 Å². The van der Waals surface area contributed by atoms with Gasteiger partial charge in [-0.15, -0.1) is 13.2 Å². The van der Waals surface area contributed by atoms with Gasteiger partial charge in [-0.25, -0.2) is 0 Å². The van der Waals surface area contributed by atoms with Crippen LogP contribution in [0.4, 0.5) is 0 Å². The van der Waals surface area contributed by atoms with Crippen LogP contribution in [0.3, 0.4) is 0 Å². The number of hydrogen-bond donors (Lipinski definition) is 1. The molecule has 3 heterocycles. The summed E-state index contributed by atoms with van der Waals surface area (Å²) < 4.78 is 6.88. The molecule has 224 valence electrons. The van der Waals surface area contributed by atoms with Crippen LogP contribution in [0.1, 0.15) is 85.5 Å². The Morgan fingerprint density at radius 1 is 1.12 bits per heavy atom. The summed E-state index contributed by atoms with van der Waals surface area (Å²) in [5.74, 6) is -1.92. The predicted octanol–water partition coefficient (Wildman–Crippen LogP) is 3.93. The number of hydrogen-bond acceptors (Lipinski definition) is 5.